The summed E-state index contributed by atoms with van der Waals surface area (Å²) in [6.45, 7) is 6.58. The monoisotopic (exact) mass is 242 g/mol. The van der Waals surface area contributed by atoms with Crippen molar-refractivity contribution in [2.75, 3.05) is 6.26 Å². The van der Waals surface area contributed by atoms with Gasteiger partial charge in [0, 0.05) is 6.54 Å². The Bertz CT molecular complexity index is 427. The highest BCUT2D eigenvalue weighted by Crippen LogP contribution is 2.18. The molecule has 1 rings (SSSR count). The van der Waals surface area contributed by atoms with Gasteiger partial charge in [0.25, 0.3) is 5.56 Å². The molecule has 1 heterocycles. The average Bonchev–Trinajstić information content (AvgIpc) is 2.22. The molecule has 0 amide bonds. The van der Waals surface area contributed by atoms with Crippen molar-refractivity contribution in [3.63, 3.8) is 0 Å². The van der Waals surface area contributed by atoms with Gasteiger partial charge in [-0.25, -0.2) is 0 Å². The van der Waals surface area contributed by atoms with E-state index in [2.05, 4.69) is 18.8 Å². The third-order valence-corrected chi connectivity index (χ3v) is 2.97. The second kappa shape index (κ2) is 5.39. The molecule has 4 nitrogen and oxygen atoms in total. The normalized spacial score (nSPS) is 11.1. The minimum Gasteiger partial charge on any atom is -0.493 e. The highest BCUT2D eigenvalue weighted by atomic mass is 32.2. The Balaban J connectivity index is 3.38. The van der Waals surface area contributed by atoms with Crippen molar-refractivity contribution in [2.24, 2.45) is 5.92 Å². The lowest BCUT2D eigenvalue weighted by Crippen LogP contribution is -2.28. The number of nitrogens with zero attached hydrogens (tertiary/aromatic N) is 2. The van der Waals surface area contributed by atoms with Crippen LogP contribution in [0.3, 0.4) is 0 Å². The van der Waals surface area contributed by atoms with Gasteiger partial charge in [0.2, 0.25) is 5.88 Å². The Morgan fingerprint density at radius 2 is 2.12 bits per heavy atom. The molecule has 0 atom stereocenters. The molecule has 16 heavy (non-hydrogen) atoms. The number of rotatable bonds is 4. The molecule has 5 heteroatoms. The van der Waals surface area contributed by atoms with E-state index in [1.165, 1.54) is 11.8 Å². The number of aromatic hydroxyl groups is 1. The molecule has 1 aromatic heterocycles. The van der Waals surface area contributed by atoms with Gasteiger partial charge < -0.3 is 5.11 Å². The summed E-state index contributed by atoms with van der Waals surface area (Å²) in [7, 11) is 0. The van der Waals surface area contributed by atoms with Gasteiger partial charge in [0.1, 0.15) is 0 Å². The first kappa shape index (κ1) is 13.1. The second-order valence-corrected chi connectivity index (χ2v) is 4.84. The van der Waals surface area contributed by atoms with E-state index in [1.807, 2.05) is 13.2 Å². The van der Waals surface area contributed by atoms with Crippen molar-refractivity contribution >= 4 is 11.8 Å². The molecule has 0 aliphatic rings. The van der Waals surface area contributed by atoms with E-state index in [0.717, 1.165) is 0 Å². The van der Waals surface area contributed by atoms with E-state index in [-0.39, 0.29) is 11.4 Å². The van der Waals surface area contributed by atoms with Gasteiger partial charge >= 0.3 is 0 Å². The highest BCUT2D eigenvalue weighted by molar-refractivity contribution is 7.98. The van der Waals surface area contributed by atoms with Gasteiger partial charge in [0.05, 0.1) is 5.56 Å². The van der Waals surface area contributed by atoms with Crippen LogP contribution in [0.5, 0.6) is 5.88 Å². The molecule has 90 valence electrons. The van der Waals surface area contributed by atoms with Crippen LogP contribution in [0.2, 0.25) is 0 Å². The number of hydrogen-bond acceptors (Lipinski definition) is 4. The summed E-state index contributed by atoms with van der Waals surface area (Å²) in [5.74, 6) is 0.247. The Labute approximate surface area is 99.7 Å². The molecule has 0 saturated heterocycles. The molecule has 0 aliphatic heterocycles. The molecule has 0 spiro atoms. The highest BCUT2D eigenvalue weighted by Gasteiger charge is 2.14. The van der Waals surface area contributed by atoms with Gasteiger partial charge in [0.15, 0.2) is 5.16 Å². The lowest BCUT2D eigenvalue weighted by Gasteiger charge is -2.14. The van der Waals surface area contributed by atoms with E-state index < -0.39 is 0 Å². The van der Waals surface area contributed by atoms with Crippen LogP contribution in [0.25, 0.3) is 0 Å². The summed E-state index contributed by atoms with van der Waals surface area (Å²) in [4.78, 5) is 16.1. The first-order valence-corrected chi connectivity index (χ1v) is 6.60. The van der Waals surface area contributed by atoms with Crippen molar-refractivity contribution in [1.29, 1.82) is 0 Å². The molecular formula is C11H18N2O2S. The van der Waals surface area contributed by atoms with Crippen LogP contribution < -0.4 is 5.56 Å². The summed E-state index contributed by atoms with van der Waals surface area (Å²) < 4.78 is 1.65. The fourth-order valence-corrected chi connectivity index (χ4v) is 2.11. The summed E-state index contributed by atoms with van der Waals surface area (Å²) in [5, 5.41) is 10.2. The van der Waals surface area contributed by atoms with E-state index in [0.29, 0.717) is 29.6 Å². The molecule has 0 aromatic carbocycles. The standard InChI is InChI=1S/C11H18N2O2S/c1-5-8-9(14)12-11(16-4)13(10(8)15)6-7(2)3/h7,14H,5-6H2,1-4H3. The second-order valence-electron chi connectivity index (χ2n) is 4.06. The fourth-order valence-electron chi connectivity index (χ4n) is 1.56. The summed E-state index contributed by atoms with van der Waals surface area (Å²) in [6.07, 6.45) is 2.36. The maximum Gasteiger partial charge on any atom is 0.261 e. The fraction of sp³-hybridized carbons (Fsp3) is 0.636. The quantitative estimate of drug-likeness (QED) is 0.647. The largest absolute Gasteiger partial charge is 0.493 e. The van der Waals surface area contributed by atoms with Gasteiger partial charge in [-0.15, -0.1) is 0 Å². The van der Waals surface area contributed by atoms with Crippen LogP contribution in [-0.4, -0.2) is 20.9 Å². The zero-order valence-electron chi connectivity index (χ0n) is 10.1. The molecule has 1 N–H and O–H groups in total. The van der Waals surface area contributed by atoms with E-state index in [1.54, 1.807) is 4.57 Å². The van der Waals surface area contributed by atoms with E-state index >= 15 is 0 Å². The average molecular weight is 242 g/mol. The molecule has 0 saturated carbocycles. The number of aromatic nitrogens is 2. The minimum atomic E-state index is -0.128. The third-order valence-electron chi connectivity index (χ3n) is 2.29. The third kappa shape index (κ3) is 2.58. The molecule has 0 radical (unpaired) electrons. The van der Waals surface area contributed by atoms with Crippen LogP contribution in [0.1, 0.15) is 26.3 Å². The molecule has 0 aliphatic carbocycles. The molecule has 0 bridgehead atoms. The SMILES string of the molecule is CCc1c(O)nc(SC)n(CC(C)C)c1=O. The van der Waals surface area contributed by atoms with Crippen molar-refractivity contribution in [1.82, 2.24) is 9.55 Å². The van der Waals surface area contributed by atoms with Gasteiger partial charge in [-0.1, -0.05) is 32.5 Å². The van der Waals surface area contributed by atoms with Crippen molar-refractivity contribution < 1.29 is 5.11 Å². The maximum atomic E-state index is 12.1. The molecule has 0 unspecified atom stereocenters. The maximum absolute atomic E-state index is 12.1. The van der Waals surface area contributed by atoms with E-state index in [9.17, 15) is 9.90 Å². The van der Waals surface area contributed by atoms with Crippen molar-refractivity contribution in [3.8, 4) is 5.88 Å². The first-order valence-electron chi connectivity index (χ1n) is 5.37. The minimum absolute atomic E-state index is 0.118. The van der Waals surface area contributed by atoms with Crippen LogP contribution in [-0.2, 0) is 13.0 Å². The van der Waals surface area contributed by atoms with Gasteiger partial charge in [-0.05, 0) is 18.6 Å². The van der Waals surface area contributed by atoms with E-state index in [4.69, 9.17) is 0 Å². The van der Waals surface area contributed by atoms with Gasteiger partial charge in [-0.3, -0.25) is 9.36 Å². The Morgan fingerprint density at radius 1 is 1.50 bits per heavy atom. The van der Waals surface area contributed by atoms with Crippen LogP contribution in [0.4, 0.5) is 0 Å². The van der Waals surface area contributed by atoms with Crippen molar-refractivity contribution in [3.05, 3.63) is 15.9 Å². The van der Waals surface area contributed by atoms with Crippen LogP contribution in [0, 0.1) is 5.92 Å². The van der Waals surface area contributed by atoms with Crippen LogP contribution >= 0.6 is 11.8 Å². The zero-order valence-corrected chi connectivity index (χ0v) is 11.0. The smallest absolute Gasteiger partial charge is 0.261 e. The predicted octanol–water partition coefficient (Wildman–Crippen LogP) is 1.89. The Morgan fingerprint density at radius 3 is 2.56 bits per heavy atom. The van der Waals surface area contributed by atoms with Crippen LogP contribution in [0.15, 0.2) is 9.95 Å². The molecular weight excluding hydrogens is 224 g/mol. The Hall–Kier alpha value is -0.970. The topological polar surface area (TPSA) is 55.1 Å². The summed E-state index contributed by atoms with van der Waals surface area (Å²) >= 11 is 1.38. The molecule has 1 aromatic rings. The predicted molar refractivity (Wildman–Crippen MR) is 66.2 cm³/mol. The number of hydrogen-bond donors (Lipinski definition) is 1. The lowest BCUT2D eigenvalue weighted by atomic mass is 10.2. The Kier molecular flexibility index (Phi) is 4.41. The zero-order chi connectivity index (χ0) is 12.3. The lowest BCUT2D eigenvalue weighted by molar-refractivity contribution is 0.408. The first-order chi connectivity index (χ1) is 7.51. The van der Waals surface area contributed by atoms with Crippen molar-refractivity contribution in [2.45, 2.75) is 38.9 Å². The summed E-state index contributed by atoms with van der Waals surface area (Å²) in [6, 6.07) is 0. The molecule has 0 fully saturated rings. The number of thioether (sulfide) groups is 1. The summed E-state index contributed by atoms with van der Waals surface area (Å²) in [5.41, 5.74) is 0.284. The van der Waals surface area contributed by atoms with Gasteiger partial charge in [-0.2, -0.15) is 4.98 Å².